The first-order valence-corrected chi connectivity index (χ1v) is 11.4. The van der Waals surface area contributed by atoms with E-state index < -0.39 is 16.1 Å². The van der Waals surface area contributed by atoms with Gasteiger partial charge in [-0.05, 0) is 72.2 Å². The Labute approximate surface area is 188 Å². The van der Waals surface area contributed by atoms with E-state index in [1.54, 1.807) is 44.2 Å². The lowest BCUT2D eigenvalue weighted by Gasteiger charge is -2.14. The van der Waals surface area contributed by atoms with E-state index in [0.29, 0.717) is 32.0 Å². The molecule has 0 aliphatic heterocycles. The second-order valence-electron chi connectivity index (χ2n) is 6.21. The lowest BCUT2D eigenvalue weighted by atomic mass is 10.1. The van der Waals surface area contributed by atoms with Gasteiger partial charge in [0, 0.05) is 16.3 Å². The molecule has 9 heteroatoms. The van der Waals surface area contributed by atoms with Crippen LogP contribution in [0, 0.1) is 6.92 Å². The highest BCUT2D eigenvalue weighted by Gasteiger charge is 2.23. The molecular formula is C21H17BrClNO5S. The first-order valence-electron chi connectivity index (χ1n) is 8.86. The fraction of sp³-hybridized carbons (Fsp3) is 0.143. The van der Waals surface area contributed by atoms with Crippen LogP contribution in [0.3, 0.4) is 0 Å². The molecule has 0 radical (unpaired) electrons. The van der Waals surface area contributed by atoms with Crippen LogP contribution in [0.25, 0.3) is 11.3 Å². The highest BCUT2D eigenvalue weighted by atomic mass is 79.9. The van der Waals surface area contributed by atoms with Crippen LogP contribution in [-0.2, 0) is 14.9 Å². The second kappa shape index (κ2) is 9.16. The maximum Gasteiger partial charge on any atom is 0.339 e. The Morgan fingerprint density at radius 3 is 2.33 bits per heavy atom. The zero-order valence-corrected chi connectivity index (χ0v) is 19.2. The summed E-state index contributed by atoms with van der Waals surface area (Å²) in [6.45, 7) is 3.78. The number of halogens is 2. The van der Waals surface area contributed by atoms with Crippen LogP contribution in [0.15, 0.2) is 64.0 Å². The minimum Gasteiger partial charge on any atom is -0.462 e. The van der Waals surface area contributed by atoms with E-state index in [9.17, 15) is 13.2 Å². The van der Waals surface area contributed by atoms with Gasteiger partial charge in [0.25, 0.3) is 0 Å². The number of rotatable bonds is 6. The standard InChI is InChI=1S/C21H17BrClNO5S/c1-3-28-21(25)15-6-4-14(5-7-15)19-20(18(22)12-13(2)24-19)29-30(26,27)17-10-8-16(23)9-11-17/h4-12H,3H2,1-2H3. The quantitative estimate of drug-likeness (QED) is 0.325. The molecule has 0 bridgehead atoms. The smallest absolute Gasteiger partial charge is 0.339 e. The Kier molecular flexibility index (Phi) is 6.80. The number of carbonyl (C=O) groups excluding carboxylic acids is 1. The molecule has 3 aromatic rings. The molecule has 3 rings (SSSR count). The predicted molar refractivity (Wildman–Crippen MR) is 117 cm³/mol. The van der Waals surface area contributed by atoms with Gasteiger partial charge in [0.15, 0.2) is 5.75 Å². The molecule has 0 unspecified atom stereocenters. The molecule has 0 saturated heterocycles. The Hall–Kier alpha value is -2.42. The Bertz CT molecular complexity index is 1180. The molecule has 0 atom stereocenters. The number of ether oxygens (including phenoxy) is 1. The zero-order valence-electron chi connectivity index (χ0n) is 16.1. The van der Waals surface area contributed by atoms with Crippen molar-refractivity contribution in [3.05, 3.63) is 75.4 Å². The molecule has 1 aromatic heterocycles. The Morgan fingerprint density at radius 1 is 1.10 bits per heavy atom. The summed E-state index contributed by atoms with van der Waals surface area (Å²) in [4.78, 5) is 16.3. The molecular weight excluding hydrogens is 494 g/mol. The molecule has 30 heavy (non-hydrogen) atoms. The number of pyridine rings is 1. The van der Waals surface area contributed by atoms with E-state index in [0.717, 1.165) is 0 Å². The number of hydrogen-bond donors (Lipinski definition) is 0. The van der Waals surface area contributed by atoms with Gasteiger partial charge in [-0.1, -0.05) is 23.7 Å². The number of carbonyl (C=O) groups is 1. The zero-order chi connectivity index (χ0) is 21.9. The van der Waals surface area contributed by atoms with Crippen LogP contribution in [-0.4, -0.2) is 26.0 Å². The molecule has 1 heterocycles. The van der Waals surface area contributed by atoms with Crippen molar-refractivity contribution < 1.29 is 22.1 Å². The van der Waals surface area contributed by atoms with E-state index in [1.165, 1.54) is 24.3 Å². The fourth-order valence-corrected chi connectivity index (χ4v) is 4.42. The van der Waals surface area contributed by atoms with Crippen LogP contribution < -0.4 is 4.18 Å². The Balaban J connectivity index is 2.03. The van der Waals surface area contributed by atoms with Crippen molar-refractivity contribution in [1.29, 1.82) is 0 Å². The van der Waals surface area contributed by atoms with Crippen molar-refractivity contribution in [3.8, 4) is 17.0 Å². The van der Waals surface area contributed by atoms with E-state index in [2.05, 4.69) is 20.9 Å². The van der Waals surface area contributed by atoms with Gasteiger partial charge in [-0.2, -0.15) is 8.42 Å². The third kappa shape index (κ3) is 5.00. The minimum atomic E-state index is -4.13. The van der Waals surface area contributed by atoms with Crippen molar-refractivity contribution in [2.45, 2.75) is 18.7 Å². The van der Waals surface area contributed by atoms with Crippen LogP contribution in [0.2, 0.25) is 5.02 Å². The molecule has 6 nitrogen and oxygen atoms in total. The number of aryl methyl sites for hydroxylation is 1. The van der Waals surface area contributed by atoms with Crippen LogP contribution in [0.4, 0.5) is 0 Å². The van der Waals surface area contributed by atoms with Gasteiger partial charge in [-0.15, -0.1) is 0 Å². The highest BCUT2D eigenvalue weighted by Crippen LogP contribution is 2.37. The number of benzene rings is 2. The van der Waals surface area contributed by atoms with Gasteiger partial charge in [0.05, 0.1) is 16.6 Å². The molecule has 0 fully saturated rings. The highest BCUT2D eigenvalue weighted by molar-refractivity contribution is 9.10. The normalized spacial score (nSPS) is 11.2. The topological polar surface area (TPSA) is 82.6 Å². The first kappa shape index (κ1) is 22.3. The van der Waals surface area contributed by atoms with Gasteiger partial charge in [-0.25, -0.2) is 9.78 Å². The van der Waals surface area contributed by atoms with Crippen LogP contribution in [0.5, 0.6) is 5.75 Å². The Morgan fingerprint density at radius 2 is 1.73 bits per heavy atom. The lowest BCUT2D eigenvalue weighted by Crippen LogP contribution is -2.11. The van der Waals surface area contributed by atoms with Crippen molar-refractivity contribution in [1.82, 2.24) is 4.98 Å². The summed E-state index contributed by atoms with van der Waals surface area (Å²) in [5, 5.41) is 0.412. The summed E-state index contributed by atoms with van der Waals surface area (Å²) in [6, 6.07) is 13.8. The summed E-state index contributed by atoms with van der Waals surface area (Å²) >= 11 is 9.20. The molecule has 0 aliphatic rings. The maximum atomic E-state index is 12.8. The maximum absolute atomic E-state index is 12.8. The third-order valence-electron chi connectivity index (χ3n) is 4.02. The molecule has 156 valence electrons. The van der Waals surface area contributed by atoms with E-state index >= 15 is 0 Å². The average molecular weight is 511 g/mol. The average Bonchev–Trinajstić information content (AvgIpc) is 2.70. The summed E-state index contributed by atoms with van der Waals surface area (Å²) < 4.78 is 36.4. The summed E-state index contributed by atoms with van der Waals surface area (Å²) in [5.41, 5.74) is 1.93. The second-order valence-corrected chi connectivity index (χ2v) is 9.05. The number of esters is 1. The van der Waals surface area contributed by atoms with Crippen LogP contribution >= 0.6 is 27.5 Å². The molecule has 2 aromatic carbocycles. The van der Waals surface area contributed by atoms with Crippen molar-refractivity contribution in [2.75, 3.05) is 6.61 Å². The number of nitrogens with zero attached hydrogens (tertiary/aromatic N) is 1. The van der Waals surface area contributed by atoms with E-state index in [1.807, 2.05) is 0 Å². The van der Waals surface area contributed by atoms with Crippen LogP contribution in [0.1, 0.15) is 23.0 Å². The van der Waals surface area contributed by atoms with E-state index in [-0.39, 0.29) is 17.3 Å². The molecule has 0 amide bonds. The predicted octanol–water partition coefficient (Wildman–Crippen LogP) is 5.42. The van der Waals surface area contributed by atoms with Gasteiger partial charge >= 0.3 is 16.1 Å². The van der Waals surface area contributed by atoms with Gasteiger partial charge in [-0.3, -0.25) is 0 Å². The van der Waals surface area contributed by atoms with Gasteiger partial charge in [0.1, 0.15) is 10.6 Å². The van der Waals surface area contributed by atoms with Gasteiger partial charge < -0.3 is 8.92 Å². The largest absolute Gasteiger partial charge is 0.462 e. The van der Waals surface area contributed by atoms with E-state index in [4.69, 9.17) is 20.5 Å². The number of hydrogen-bond acceptors (Lipinski definition) is 6. The summed E-state index contributed by atoms with van der Waals surface area (Å²) in [6.07, 6.45) is 0. The lowest BCUT2D eigenvalue weighted by molar-refractivity contribution is 0.0526. The summed E-state index contributed by atoms with van der Waals surface area (Å²) in [5.74, 6) is -0.399. The van der Waals surface area contributed by atoms with Gasteiger partial charge in [0.2, 0.25) is 0 Å². The SMILES string of the molecule is CCOC(=O)c1ccc(-c2nc(C)cc(Br)c2OS(=O)(=O)c2ccc(Cl)cc2)cc1. The van der Waals surface area contributed by atoms with Crippen molar-refractivity contribution >= 4 is 43.6 Å². The van der Waals surface area contributed by atoms with Crippen molar-refractivity contribution in [2.24, 2.45) is 0 Å². The first-order chi connectivity index (χ1) is 14.2. The monoisotopic (exact) mass is 509 g/mol. The fourth-order valence-electron chi connectivity index (χ4n) is 2.63. The number of aromatic nitrogens is 1. The molecule has 0 saturated carbocycles. The minimum absolute atomic E-state index is 0.0389. The van der Waals surface area contributed by atoms with Crippen molar-refractivity contribution in [3.63, 3.8) is 0 Å². The summed E-state index contributed by atoms with van der Waals surface area (Å²) in [7, 11) is -4.13. The molecule has 0 N–H and O–H groups in total. The third-order valence-corrected chi connectivity index (χ3v) is 6.10. The molecule has 0 spiro atoms. The molecule has 0 aliphatic carbocycles.